The molecule has 0 unspecified atom stereocenters. The minimum atomic E-state index is -0.316. The Morgan fingerprint density at radius 1 is 1.14 bits per heavy atom. The largest absolute Gasteiger partial charge is 0.295 e. The second-order valence-electron chi connectivity index (χ2n) is 3.14. The minimum Gasteiger partial charge on any atom is -0.295 e. The Morgan fingerprint density at radius 2 is 1.86 bits per heavy atom. The van der Waals surface area contributed by atoms with Gasteiger partial charge in [-0.25, -0.2) is 4.39 Å². The first-order valence-electron chi connectivity index (χ1n) is 4.75. The summed E-state index contributed by atoms with van der Waals surface area (Å²) in [6, 6.07) is 10.0. The Bertz CT molecular complexity index is 234. The van der Waals surface area contributed by atoms with Crippen molar-refractivity contribution in [3.8, 4) is 0 Å². The maximum absolute atomic E-state index is 12.2. The molecule has 1 aromatic rings. The quantitative estimate of drug-likeness (QED) is 0.660. The summed E-state index contributed by atoms with van der Waals surface area (Å²) in [6.45, 7) is 1.66. The first kappa shape index (κ1) is 11.5. The number of halogens is 2. The number of rotatable bonds is 6. The van der Waals surface area contributed by atoms with Crippen molar-refractivity contribution in [3.05, 3.63) is 35.9 Å². The predicted octanol–water partition coefficient (Wildman–Crippen LogP) is 2.70. The molecule has 0 spiro atoms. The Hall–Kier alpha value is -0.600. The van der Waals surface area contributed by atoms with Crippen molar-refractivity contribution in [2.75, 3.05) is 25.6 Å². The van der Waals surface area contributed by atoms with Crippen molar-refractivity contribution in [3.63, 3.8) is 0 Å². The molecule has 0 heterocycles. The van der Waals surface area contributed by atoms with Gasteiger partial charge in [0.15, 0.2) is 0 Å². The first-order valence-corrected chi connectivity index (χ1v) is 5.28. The first-order chi connectivity index (χ1) is 6.86. The maximum atomic E-state index is 12.2. The fourth-order valence-corrected chi connectivity index (χ4v) is 1.59. The lowest BCUT2D eigenvalue weighted by molar-refractivity contribution is 0.253. The van der Waals surface area contributed by atoms with Crippen LogP contribution in [0.5, 0.6) is 0 Å². The average Bonchev–Trinajstić information content (AvgIpc) is 2.20. The smallest absolute Gasteiger partial charge is 0.102 e. The van der Waals surface area contributed by atoms with Gasteiger partial charge in [0.2, 0.25) is 0 Å². The molecule has 0 fully saturated rings. The molecule has 78 valence electrons. The number of hydrogen-bond donors (Lipinski definition) is 0. The highest BCUT2D eigenvalue weighted by Crippen LogP contribution is 2.04. The van der Waals surface area contributed by atoms with Gasteiger partial charge < -0.3 is 0 Å². The molecule has 0 saturated heterocycles. The molecule has 1 nitrogen and oxygen atoms in total. The zero-order valence-corrected chi connectivity index (χ0v) is 8.88. The third-order valence-corrected chi connectivity index (χ3v) is 2.22. The number of alkyl halides is 2. The summed E-state index contributed by atoms with van der Waals surface area (Å²) in [6.07, 6.45) is 0. The molecule has 0 aliphatic carbocycles. The van der Waals surface area contributed by atoms with E-state index in [0.717, 1.165) is 13.1 Å². The maximum Gasteiger partial charge on any atom is 0.102 e. The Morgan fingerprint density at radius 3 is 2.43 bits per heavy atom. The zero-order chi connectivity index (χ0) is 10.2. The fourth-order valence-electron chi connectivity index (χ4n) is 1.35. The number of hydrogen-bond acceptors (Lipinski definition) is 1. The van der Waals surface area contributed by atoms with Gasteiger partial charge >= 0.3 is 0 Å². The topological polar surface area (TPSA) is 3.24 Å². The summed E-state index contributed by atoms with van der Waals surface area (Å²) >= 11 is 5.63. The second-order valence-corrected chi connectivity index (χ2v) is 3.52. The van der Waals surface area contributed by atoms with E-state index in [1.54, 1.807) is 0 Å². The van der Waals surface area contributed by atoms with Gasteiger partial charge in [-0.05, 0) is 5.56 Å². The standard InChI is InChI=1S/C11H15ClFN/c12-6-8-14(9-7-13)10-11-4-2-1-3-5-11/h1-5H,6-10H2. The minimum absolute atomic E-state index is 0.316. The van der Waals surface area contributed by atoms with Gasteiger partial charge in [0.05, 0.1) is 0 Å². The fraction of sp³-hybridized carbons (Fsp3) is 0.455. The summed E-state index contributed by atoms with van der Waals surface area (Å²) in [5, 5.41) is 0. The molecule has 0 amide bonds. The van der Waals surface area contributed by atoms with Crippen LogP contribution in [0.15, 0.2) is 30.3 Å². The van der Waals surface area contributed by atoms with E-state index in [4.69, 9.17) is 11.6 Å². The van der Waals surface area contributed by atoms with E-state index in [2.05, 4.69) is 0 Å². The van der Waals surface area contributed by atoms with Gasteiger partial charge in [0, 0.05) is 25.5 Å². The van der Waals surface area contributed by atoms with Crippen LogP contribution in [0.1, 0.15) is 5.56 Å². The molecular weight excluding hydrogens is 201 g/mol. The van der Waals surface area contributed by atoms with E-state index in [1.807, 2.05) is 35.2 Å². The highest BCUT2D eigenvalue weighted by atomic mass is 35.5. The molecular formula is C11H15ClFN. The molecule has 0 N–H and O–H groups in total. The highest BCUT2D eigenvalue weighted by molar-refractivity contribution is 6.18. The monoisotopic (exact) mass is 215 g/mol. The van der Waals surface area contributed by atoms with Crippen LogP contribution in [-0.2, 0) is 6.54 Å². The lowest BCUT2D eigenvalue weighted by atomic mass is 10.2. The predicted molar refractivity (Wildman–Crippen MR) is 58.4 cm³/mol. The SMILES string of the molecule is FCCN(CCCl)Cc1ccccc1. The van der Waals surface area contributed by atoms with Crippen molar-refractivity contribution in [1.82, 2.24) is 4.90 Å². The summed E-state index contributed by atoms with van der Waals surface area (Å²) in [5.74, 6) is 0.548. The molecule has 3 heteroatoms. The molecule has 0 bridgehead atoms. The number of benzene rings is 1. The van der Waals surface area contributed by atoms with Crippen LogP contribution in [0.3, 0.4) is 0 Å². The third kappa shape index (κ3) is 4.07. The molecule has 14 heavy (non-hydrogen) atoms. The van der Waals surface area contributed by atoms with Gasteiger partial charge in [0.1, 0.15) is 6.67 Å². The summed E-state index contributed by atoms with van der Waals surface area (Å²) in [4.78, 5) is 2.02. The molecule has 0 aliphatic rings. The normalized spacial score (nSPS) is 10.8. The third-order valence-electron chi connectivity index (χ3n) is 2.05. The molecule has 0 atom stereocenters. The summed E-state index contributed by atoms with van der Waals surface area (Å²) < 4.78 is 12.2. The summed E-state index contributed by atoms with van der Waals surface area (Å²) in [7, 11) is 0. The molecule has 1 aromatic carbocycles. The van der Waals surface area contributed by atoms with Crippen LogP contribution in [0.2, 0.25) is 0 Å². The molecule has 1 rings (SSSR count). The van der Waals surface area contributed by atoms with Gasteiger partial charge in [-0.1, -0.05) is 30.3 Å². The van der Waals surface area contributed by atoms with Crippen LogP contribution < -0.4 is 0 Å². The van der Waals surface area contributed by atoms with Gasteiger partial charge in [-0.15, -0.1) is 11.6 Å². The molecule has 0 radical (unpaired) electrons. The van der Waals surface area contributed by atoms with E-state index in [0.29, 0.717) is 12.4 Å². The highest BCUT2D eigenvalue weighted by Gasteiger charge is 2.03. The second kappa shape index (κ2) is 6.80. The Kier molecular flexibility index (Phi) is 5.57. The van der Waals surface area contributed by atoms with Crippen LogP contribution in [0.25, 0.3) is 0 Å². The van der Waals surface area contributed by atoms with Crippen LogP contribution >= 0.6 is 11.6 Å². The van der Waals surface area contributed by atoms with Gasteiger partial charge in [-0.2, -0.15) is 0 Å². The van der Waals surface area contributed by atoms with E-state index in [1.165, 1.54) is 5.56 Å². The number of nitrogens with zero attached hydrogens (tertiary/aromatic N) is 1. The molecule has 0 aliphatic heterocycles. The zero-order valence-electron chi connectivity index (χ0n) is 8.13. The van der Waals surface area contributed by atoms with E-state index in [9.17, 15) is 4.39 Å². The average molecular weight is 216 g/mol. The van der Waals surface area contributed by atoms with E-state index in [-0.39, 0.29) is 6.67 Å². The van der Waals surface area contributed by atoms with Crippen LogP contribution in [-0.4, -0.2) is 30.5 Å². The van der Waals surface area contributed by atoms with Gasteiger partial charge in [0.25, 0.3) is 0 Å². The summed E-state index contributed by atoms with van der Waals surface area (Å²) in [5.41, 5.74) is 1.20. The van der Waals surface area contributed by atoms with Gasteiger partial charge in [-0.3, -0.25) is 4.90 Å². The molecule has 0 saturated carbocycles. The van der Waals surface area contributed by atoms with Crippen molar-refractivity contribution >= 4 is 11.6 Å². The Labute approximate surface area is 89.5 Å². The van der Waals surface area contributed by atoms with E-state index >= 15 is 0 Å². The van der Waals surface area contributed by atoms with Crippen molar-refractivity contribution in [1.29, 1.82) is 0 Å². The lowest BCUT2D eigenvalue weighted by Gasteiger charge is -2.19. The lowest BCUT2D eigenvalue weighted by Crippen LogP contribution is -2.27. The Balaban J connectivity index is 2.46. The molecule has 0 aromatic heterocycles. The van der Waals surface area contributed by atoms with Crippen LogP contribution in [0, 0.1) is 0 Å². The van der Waals surface area contributed by atoms with E-state index < -0.39 is 0 Å². The van der Waals surface area contributed by atoms with Crippen molar-refractivity contribution in [2.45, 2.75) is 6.54 Å². The van der Waals surface area contributed by atoms with Crippen molar-refractivity contribution in [2.24, 2.45) is 0 Å². The van der Waals surface area contributed by atoms with Crippen molar-refractivity contribution < 1.29 is 4.39 Å². The van der Waals surface area contributed by atoms with Crippen LogP contribution in [0.4, 0.5) is 4.39 Å².